The molecular formula is C38H47FO7. The molecule has 248 valence electrons. The largest absolute Gasteiger partial charge is 0.494 e. The minimum absolute atomic E-state index is 0.0102. The molecule has 0 atom stereocenters. The van der Waals surface area contributed by atoms with Crippen molar-refractivity contribution < 1.29 is 37.7 Å². The van der Waals surface area contributed by atoms with Crippen LogP contribution in [0.15, 0.2) is 66.7 Å². The lowest BCUT2D eigenvalue weighted by atomic mass is 9.90. The van der Waals surface area contributed by atoms with E-state index >= 15 is 0 Å². The number of ether oxygens (including phenoxy) is 5. The van der Waals surface area contributed by atoms with Crippen LogP contribution in [0.3, 0.4) is 0 Å². The third kappa shape index (κ3) is 10.7. The molecular weight excluding hydrogens is 587 g/mol. The first-order valence-corrected chi connectivity index (χ1v) is 16.5. The molecule has 0 unspecified atom stereocenters. The van der Waals surface area contributed by atoms with E-state index in [2.05, 4.69) is 6.92 Å². The number of benzene rings is 3. The lowest BCUT2D eigenvalue weighted by Gasteiger charge is -2.37. The Hall–Kier alpha value is -3.75. The molecule has 1 aliphatic rings. The Balaban J connectivity index is 1.18. The van der Waals surface area contributed by atoms with Crippen molar-refractivity contribution in [1.82, 2.24) is 0 Å². The predicted octanol–water partition coefficient (Wildman–Crippen LogP) is 8.83. The summed E-state index contributed by atoms with van der Waals surface area (Å²) in [6, 6.07) is 18.6. The van der Waals surface area contributed by atoms with Gasteiger partial charge in [-0.1, -0.05) is 64.3 Å². The van der Waals surface area contributed by atoms with Gasteiger partial charge in [-0.3, -0.25) is 0 Å². The first kappa shape index (κ1) is 35.1. The highest BCUT2D eigenvalue weighted by atomic mass is 19.1. The first-order valence-electron chi connectivity index (χ1n) is 16.5. The molecule has 8 heteroatoms. The van der Waals surface area contributed by atoms with Crippen LogP contribution in [0.1, 0.15) is 92.9 Å². The van der Waals surface area contributed by atoms with Gasteiger partial charge in [0.05, 0.1) is 37.6 Å². The Labute approximate surface area is 272 Å². The van der Waals surface area contributed by atoms with Gasteiger partial charge >= 0.3 is 11.9 Å². The molecule has 1 heterocycles. The van der Waals surface area contributed by atoms with E-state index in [1.54, 1.807) is 12.1 Å². The number of esters is 2. The molecule has 0 N–H and O–H groups in total. The normalized spacial score (nSPS) is 13.7. The van der Waals surface area contributed by atoms with Gasteiger partial charge in [-0.25, -0.2) is 14.0 Å². The van der Waals surface area contributed by atoms with Gasteiger partial charge in [0.15, 0.2) is 0 Å². The second-order valence-corrected chi connectivity index (χ2v) is 12.4. The second-order valence-electron chi connectivity index (χ2n) is 12.4. The summed E-state index contributed by atoms with van der Waals surface area (Å²) in [5.74, 6) is -1.31. The van der Waals surface area contributed by atoms with Crippen LogP contribution < -0.4 is 9.47 Å². The van der Waals surface area contributed by atoms with Crippen molar-refractivity contribution in [3.05, 3.63) is 83.7 Å². The van der Waals surface area contributed by atoms with E-state index in [4.69, 9.17) is 23.7 Å². The highest BCUT2D eigenvalue weighted by Gasteiger charge is 2.33. The van der Waals surface area contributed by atoms with Crippen molar-refractivity contribution in [3.8, 4) is 22.6 Å². The van der Waals surface area contributed by atoms with Gasteiger partial charge in [-0.05, 0) is 79.6 Å². The summed E-state index contributed by atoms with van der Waals surface area (Å²) in [6.45, 7) is 10.1. The van der Waals surface area contributed by atoms with Crippen molar-refractivity contribution in [3.63, 3.8) is 0 Å². The van der Waals surface area contributed by atoms with Crippen LogP contribution in [-0.4, -0.2) is 51.1 Å². The Bertz CT molecular complexity index is 1380. The molecule has 0 aromatic heterocycles. The predicted molar refractivity (Wildman–Crippen MR) is 176 cm³/mol. The van der Waals surface area contributed by atoms with E-state index in [1.165, 1.54) is 12.1 Å². The molecule has 3 aromatic carbocycles. The quantitative estimate of drug-likeness (QED) is 0.0740. The van der Waals surface area contributed by atoms with Crippen molar-refractivity contribution >= 4 is 11.9 Å². The fourth-order valence-electron chi connectivity index (χ4n) is 5.26. The van der Waals surface area contributed by atoms with E-state index < -0.39 is 17.8 Å². The monoisotopic (exact) mass is 634 g/mol. The number of hydrogen-bond acceptors (Lipinski definition) is 7. The summed E-state index contributed by atoms with van der Waals surface area (Å²) in [5, 5.41) is 0. The molecule has 7 nitrogen and oxygen atoms in total. The van der Waals surface area contributed by atoms with Crippen LogP contribution in [0.25, 0.3) is 11.1 Å². The summed E-state index contributed by atoms with van der Waals surface area (Å²) >= 11 is 0. The second kappa shape index (κ2) is 17.8. The topological polar surface area (TPSA) is 80.3 Å². The van der Waals surface area contributed by atoms with E-state index in [1.807, 2.05) is 50.2 Å². The van der Waals surface area contributed by atoms with Crippen LogP contribution in [0.4, 0.5) is 4.39 Å². The number of rotatable bonds is 19. The highest BCUT2D eigenvalue weighted by molar-refractivity contribution is 5.92. The molecule has 4 rings (SSSR count). The molecule has 0 amide bonds. The van der Waals surface area contributed by atoms with Crippen LogP contribution >= 0.6 is 0 Å². The van der Waals surface area contributed by atoms with Crippen LogP contribution in [-0.2, 0) is 14.2 Å². The average Bonchev–Trinajstić information content (AvgIpc) is 3.03. The average molecular weight is 635 g/mol. The number of unbranched alkanes of at least 4 members (excludes halogenated alkanes) is 3. The maximum atomic E-state index is 14.7. The number of carbonyl (C=O) groups excluding carboxylic acids is 2. The lowest BCUT2D eigenvalue weighted by molar-refractivity contribution is -0.137. The summed E-state index contributed by atoms with van der Waals surface area (Å²) < 4.78 is 42.5. The third-order valence-electron chi connectivity index (χ3n) is 7.98. The summed E-state index contributed by atoms with van der Waals surface area (Å²) in [7, 11) is 0. The molecule has 1 saturated heterocycles. The molecule has 1 fully saturated rings. The SMILES string of the molecule is CCCC(CCC)OC(=O)c1ccc(OC(=O)c2ccc(-c3ccc(OCCCCCCOCC4(C)COC4)cc3)cc2)cc1F. The molecule has 0 aliphatic carbocycles. The fraction of sp³-hybridized carbons (Fsp3) is 0.474. The first-order chi connectivity index (χ1) is 22.3. The van der Waals surface area contributed by atoms with Gasteiger partial charge in [0, 0.05) is 18.1 Å². The summed E-state index contributed by atoms with van der Waals surface area (Å²) in [5.41, 5.74) is 2.27. The Morgan fingerprint density at radius 3 is 2.00 bits per heavy atom. The zero-order valence-electron chi connectivity index (χ0n) is 27.4. The van der Waals surface area contributed by atoms with E-state index in [0.717, 1.165) is 101 Å². The molecule has 3 aromatic rings. The molecule has 0 spiro atoms. The van der Waals surface area contributed by atoms with Crippen molar-refractivity contribution in [2.24, 2.45) is 5.41 Å². The van der Waals surface area contributed by atoms with E-state index in [-0.39, 0.29) is 22.8 Å². The lowest BCUT2D eigenvalue weighted by Crippen LogP contribution is -2.43. The smallest absolute Gasteiger partial charge is 0.343 e. The molecule has 0 bridgehead atoms. The van der Waals surface area contributed by atoms with Crippen molar-refractivity contribution in [2.75, 3.05) is 33.0 Å². The standard InChI is InChI=1S/C38H47FO7/c1-4-10-32(11-5-2)45-37(41)34-21-20-33(24-35(34)39)46-36(40)30-14-12-28(13-15-30)29-16-18-31(19-17-29)44-23-9-7-6-8-22-42-25-38(3)26-43-27-38/h12-21,24,32H,4-11,22-23,25-27H2,1-3H3. The van der Waals surface area contributed by atoms with Crippen molar-refractivity contribution in [1.29, 1.82) is 0 Å². The Kier molecular flexibility index (Phi) is 13.6. The van der Waals surface area contributed by atoms with Gasteiger partial charge in [0.25, 0.3) is 0 Å². The van der Waals surface area contributed by atoms with E-state index in [9.17, 15) is 14.0 Å². The van der Waals surface area contributed by atoms with Gasteiger partial charge in [0.2, 0.25) is 0 Å². The summed E-state index contributed by atoms with van der Waals surface area (Å²) in [4.78, 5) is 25.2. The third-order valence-corrected chi connectivity index (χ3v) is 7.98. The molecule has 1 aliphatic heterocycles. The Morgan fingerprint density at radius 2 is 1.41 bits per heavy atom. The van der Waals surface area contributed by atoms with Crippen LogP contribution in [0, 0.1) is 11.2 Å². The fourth-order valence-corrected chi connectivity index (χ4v) is 5.26. The van der Waals surface area contributed by atoms with Gasteiger partial charge in [-0.2, -0.15) is 0 Å². The van der Waals surface area contributed by atoms with E-state index in [0.29, 0.717) is 12.2 Å². The minimum Gasteiger partial charge on any atom is -0.494 e. The number of hydrogen-bond donors (Lipinski definition) is 0. The summed E-state index contributed by atoms with van der Waals surface area (Å²) in [6.07, 6.45) is 7.22. The Morgan fingerprint density at radius 1 is 0.804 bits per heavy atom. The zero-order valence-corrected chi connectivity index (χ0v) is 27.4. The zero-order chi connectivity index (χ0) is 32.8. The highest BCUT2D eigenvalue weighted by Crippen LogP contribution is 2.27. The van der Waals surface area contributed by atoms with Crippen LogP contribution in [0.5, 0.6) is 11.5 Å². The molecule has 46 heavy (non-hydrogen) atoms. The maximum absolute atomic E-state index is 14.7. The maximum Gasteiger partial charge on any atom is 0.343 e. The molecule has 0 saturated carbocycles. The minimum atomic E-state index is -0.796. The van der Waals surface area contributed by atoms with Crippen LogP contribution in [0.2, 0.25) is 0 Å². The van der Waals surface area contributed by atoms with Crippen molar-refractivity contribution in [2.45, 2.75) is 78.2 Å². The number of carbonyl (C=O) groups is 2. The van der Waals surface area contributed by atoms with Gasteiger partial charge < -0.3 is 23.7 Å². The van der Waals surface area contributed by atoms with Gasteiger partial charge in [0.1, 0.15) is 23.4 Å². The van der Waals surface area contributed by atoms with Gasteiger partial charge in [-0.15, -0.1) is 0 Å². The number of halogens is 1. The molecule has 0 radical (unpaired) electrons.